The van der Waals surface area contributed by atoms with E-state index in [-0.39, 0.29) is 24.9 Å². The molecule has 2 N–H and O–H groups in total. The number of rotatable bonds is 6. The van der Waals surface area contributed by atoms with Gasteiger partial charge in [-0.2, -0.15) is 5.10 Å². The van der Waals surface area contributed by atoms with Crippen LogP contribution in [0.2, 0.25) is 0 Å². The molecule has 5 nitrogen and oxygen atoms in total. The summed E-state index contributed by atoms with van der Waals surface area (Å²) in [5, 5.41) is 10.3. The molecule has 0 atom stereocenters. The van der Waals surface area contributed by atoms with Crippen LogP contribution < -0.4 is 10.6 Å². The molecule has 0 saturated carbocycles. The number of benzene rings is 1. The van der Waals surface area contributed by atoms with E-state index in [1.165, 1.54) is 0 Å². The van der Waals surface area contributed by atoms with E-state index in [1.54, 1.807) is 4.68 Å². The lowest BCUT2D eigenvalue weighted by Gasteiger charge is -2.07. The quantitative estimate of drug-likeness (QED) is 0.859. The Labute approximate surface area is 131 Å². The standard InChI is InChI=1S/C15H20N4O.ClH/c1-3-14-12(11-19(2)18-14)9-17-15(20)10-16-13-7-5-4-6-8-13;/h4-8,11,16H,3,9-10H2,1-2H3,(H,17,20);1H. The molecule has 6 heteroatoms. The van der Waals surface area contributed by atoms with Crippen LogP contribution in [0.5, 0.6) is 0 Å². The lowest BCUT2D eigenvalue weighted by atomic mass is 10.2. The second kappa shape index (κ2) is 8.32. The number of nitrogens with zero attached hydrogens (tertiary/aromatic N) is 2. The first kappa shape index (κ1) is 17.0. The first-order chi connectivity index (χ1) is 9.69. The average molecular weight is 309 g/mol. The second-order valence-electron chi connectivity index (χ2n) is 4.62. The first-order valence-electron chi connectivity index (χ1n) is 6.76. The molecule has 2 rings (SSSR count). The molecule has 1 aromatic heterocycles. The van der Waals surface area contributed by atoms with Gasteiger partial charge in [-0.15, -0.1) is 12.4 Å². The Morgan fingerprint density at radius 3 is 2.67 bits per heavy atom. The number of aryl methyl sites for hydroxylation is 2. The fourth-order valence-electron chi connectivity index (χ4n) is 2.02. The molecule has 21 heavy (non-hydrogen) atoms. The lowest BCUT2D eigenvalue weighted by molar-refractivity contribution is -0.119. The molecule has 0 fully saturated rings. The molecule has 0 saturated heterocycles. The topological polar surface area (TPSA) is 59.0 Å². The molecule has 0 spiro atoms. The van der Waals surface area contributed by atoms with Crippen molar-refractivity contribution in [1.82, 2.24) is 15.1 Å². The Morgan fingerprint density at radius 2 is 2.00 bits per heavy atom. The van der Waals surface area contributed by atoms with Gasteiger partial charge in [-0.1, -0.05) is 25.1 Å². The van der Waals surface area contributed by atoms with E-state index in [9.17, 15) is 4.79 Å². The molecular formula is C15H21ClN4O. The Hall–Kier alpha value is -2.01. The summed E-state index contributed by atoms with van der Waals surface area (Å²) in [5.74, 6) is -0.0280. The zero-order valence-electron chi connectivity index (χ0n) is 12.3. The largest absolute Gasteiger partial charge is 0.376 e. The van der Waals surface area contributed by atoms with Crippen LogP contribution >= 0.6 is 12.4 Å². The molecule has 0 bridgehead atoms. The average Bonchev–Trinajstić information content (AvgIpc) is 2.84. The van der Waals surface area contributed by atoms with Crippen molar-refractivity contribution >= 4 is 24.0 Å². The number of carbonyl (C=O) groups excluding carboxylic acids is 1. The van der Waals surface area contributed by atoms with E-state index in [0.717, 1.165) is 23.4 Å². The number of aromatic nitrogens is 2. The molecular weight excluding hydrogens is 288 g/mol. The minimum absolute atomic E-state index is 0. The van der Waals surface area contributed by atoms with Crippen molar-refractivity contribution < 1.29 is 4.79 Å². The number of nitrogens with one attached hydrogen (secondary N) is 2. The third kappa shape index (κ3) is 5.11. The van der Waals surface area contributed by atoms with Crippen LogP contribution in [-0.2, 0) is 24.8 Å². The van der Waals surface area contributed by atoms with Crippen molar-refractivity contribution in [3.63, 3.8) is 0 Å². The van der Waals surface area contributed by atoms with Gasteiger partial charge < -0.3 is 10.6 Å². The third-order valence-corrected chi connectivity index (χ3v) is 3.03. The summed E-state index contributed by atoms with van der Waals surface area (Å²) in [6, 6.07) is 9.68. The van der Waals surface area contributed by atoms with Gasteiger partial charge >= 0.3 is 0 Å². The van der Waals surface area contributed by atoms with Crippen molar-refractivity contribution in [2.24, 2.45) is 7.05 Å². The van der Waals surface area contributed by atoms with Gasteiger partial charge in [0.25, 0.3) is 0 Å². The summed E-state index contributed by atoms with van der Waals surface area (Å²) < 4.78 is 1.78. The van der Waals surface area contributed by atoms with Crippen LogP contribution in [-0.4, -0.2) is 22.2 Å². The molecule has 1 aromatic carbocycles. The van der Waals surface area contributed by atoms with Gasteiger partial charge in [-0.3, -0.25) is 9.48 Å². The molecule has 0 aliphatic rings. The van der Waals surface area contributed by atoms with Crippen molar-refractivity contribution in [3.8, 4) is 0 Å². The fourth-order valence-corrected chi connectivity index (χ4v) is 2.02. The molecule has 0 radical (unpaired) electrons. The summed E-state index contributed by atoms with van der Waals surface area (Å²) >= 11 is 0. The highest BCUT2D eigenvalue weighted by Gasteiger charge is 2.07. The van der Waals surface area contributed by atoms with Crippen molar-refractivity contribution in [3.05, 3.63) is 47.8 Å². The monoisotopic (exact) mass is 308 g/mol. The van der Waals surface area contributed by atoms with E-state index in [1.807, 2.05) is 43.6 Å². The lowest BCUT2D eigenvalue weighted by Crippen LogP contribution is -2.29. The Kier molecular flexibility index (Phi) is 6.75. The molecule has 0 aliphatic carbocycles. The van der Waals surface area contributed by atoms with Gasteiger partial charge in [-0.05, 0) is 18.6 Å². The van der Waals surface area contributed by atoms with Crippen LogP contribution in [0, 0.1) is 0 Å². The van der Waals surface area contributed by atoms with Gasteiger partial charge in [0.15, 0.2) is 0 Å². The van der Waals surface area contributed by atoms with Gasteiger partial charge in [0.1, 0.15) is 0 Å². The van der Waals surface area contributed by atoms with Crippen molar-refractivity contribution in [2.45, 2.75) is 19.9 Å². The highest BCUT2D eigenvalue weighted by atomic mass is 35.5. The fraction of sp³-hybridized carbons (Fsp3) is 0.333. The van der Waals surface area contributed by atoms with Crippen LogP contribution in [0.3, 0.4) is 0 Å². The molecule has 2 aromatic rings. The number of carbonyl (C=O) groups is 1. The molecule has 0 unspecified atom stereocenters. The van der Waals surface area contributed by atoms with Crippen molar-refractivity contribution in [1.29, 1.82) is 0 Å². The van der Waals surface area contributed by atoms with Gasteiger partial charge in [0.2, 0.25) is 5.91 Å². The van der Waals surface area contributed by atoms with Gasteiger partial charge in [-0.25, -0.2) is 0 Å². The minimum atomic E-state index is -0.0280. The summed E-state index contributed by atoms with van der Waals surface area (Å²) in [4.78, 5) is 11.8. The Morgan fingerprint density at radius 1 is 1.29 bits per heavy atom. The van der Waals surface area contributed by atoms with Crippen LogP contribution in [0.15, 0.2) is 36.5 Å². The van der Waals surface area contributed by atoms with Crippen LogP contribution in [0.1, 0.15) is 18.2 Å². The maximum absolute atomic E-state index is 11.8. The number of hydrogen-bond donors (Lipinski definition) is 2. The predicted molar refractivity (Wildman–Crippen MR) is 86.6 cm³/mol. The molecule has 1 amide bonds. The predicted octanol–water partition coefficient (Wildman–Crippen LogP) is 2.13. The highest BCUT2D eigenvalue weighted by Crippen LogP contribution is 2.07. The van der Waals surface area contributed by atoms with E-state index in [4.69, 9.17) is 0 Å². The summed E-state index contributed by atoms with van der Waals surface area (Å²) in [5.41, 5.74) is 3.05. The Balaban J connectivity index is 0.00000220. The summed E-state index contributed by atoms with van der Waals surface area (Å²) in [6.45, 7) is 2.85. The maximum Gasteiger partial charge on any atom is 0.239 e. The zero-order valence-corrected chi connectivity index (χ0v) is 13.1. The summed E-state index contributed by atoms with van der Waals surface area (Å²) in [6.07, 6.45) is 2.82. The second-order valence-corrected chi connectivity index (χ2v) is 4.62. The summed E-state index contributed by atoms with van der Waals surface area (Å²) in [7, 11) is 1.89. The Bertz CT molecular complexity index is 568. The number of anilines is 1. The van der Waals surface area contributed by atoms with Gasteiger partial charge in [0, 0.05) is 31.0 Å². The first-order valence-corrected chi connectivity index (χ1v) is 6.76. The van der Waals surface area contributed by atoms with Crippen LogP contribution in [0.4, 0.5) is 5.69 Å². The molecule has 114 valence electrons. The third-order valence-electron chi connectivity index (χ3n) is 3.03. The minimum Gasteiger partial charge on any atom is -0.376 e. The van der Waals surface area contributed by atoms with Crippen LogP contribution in [0.25, 0.3) is 0 Å². The van der Waals surface area contributed by atoms with Crippen molar-refractivity contribution in [2.75, 3.05) is 11.9 Å². The van der Waals surface area contributed by atoms with E-state index in [0.29, 0.717) is 6.54 Å². The zero-order chi connectivity index (χ0) is 14.4. The smallest absolute Gasteiger partial charge is 0.239 e. The number of para-hydroxylation sites is 1. The van der Waals surface area contributed by atoms with E-state index >= 15 is 0 Å². The SMILES string of the molecule is CCc1nn(C)cc1CNC(=O)CNc1ccccc1.Cl. The number of amides is 1. The maximum atomic E-state index is 11.8. The van der Waals surface area contributed by atoms with E-state index < -0.39 is 0 Å². The number of hydrogen-bond acceptors (Lipinski definition) is 3. The van der Waals surface area contributed by atoms with Gasteiger partial charge in [0.05, 0.1) is 12.2 Å². The van der Waals surface area contributed by atoms with E-state index in [2.05, 4.69) is 22.7 Å². The molecule has 0 aliphatic heterocycles. The normalized spacial score (nSPS) is 9.81. The highest BCUT2D eigenvalue weighted by molar-refractivity contribution is 5.85. The molecule has 1 heterocycles. The number of halogens is 1.